The highest BCUT2D eigenvalue weighted by Crippen LogP contribution is 2.27. The number of benzene rings is 1. The number of nitrogens with one attached hydrogen (secondary N) is 2. The van der Waals surface area contributed by atoms with E-state index in [1.54, 1.807) is 0 Å². The molecule has 1 fully saturated rings. The van der Waals surface area contributed by atoms with Crippen LogP contribution in [0.4, 0.5) is 5.69 Å². The number of piperidine rings is 1. The van der Waals surface area contributed by atoms with Gasteiger partial charge in [0.2, 0.25) is 15.9 Å². The van der Waals surface area contributed by atoms with Crippen LogP contribution in [0.3, 0.4) is 0 Å². The summed E-state index contributed by atoms with van der Waals surface area (Å²) in [5.41, 5.74) is 0.338. The van der Waals surface area contributed by atoms with Crippen molar-refractivity contribution >= 4 is 21.6 Å². The van der Waals surface area contributed by atoms with Crippen molar-refractivity contribution in [3.05, 3.63) is 18.2 Å². The SMILES string of the molecule is COc1ccc(S(=O)(=O)NCCCN2CCC(C)CC2)cc1NC(C)=O. The van der Waals surface area contributed by atoms with Crippen molar-refractivity contribution in [3.8, 4) is 5.75 Å². The molecule has 2 rings (SSSR count). The molecule has 1 saturated heterocycles. The number of sulfonamides is 1. The standard InChI is InChI=1S/C18H29N3O4S/c1-14-7-11-21(12-8-14)10-4-9-19-26(23,24)16-5-6-18(25-3)17(13-16)20-15(2)22/h5-6,13-14,19H,4,7-12H2,1-3H3,(H,20,22). The molecule has 2 N–H and O–H groups in total. The Bertz CT molecular complexity index is 713. The van der Waals surface area contributed by atoms with Gasteiger partial charge in [-0.25, -0.2) is 13.1 Å². The first-order valence-electron chi connectivity index (χ1n) is 8.99. The Morgan fingerprint density at radius 3 is 2.62 bits per heavy atom. The van der Waals surface area contributed by atoms with Crippen LogP contribution < -0.4 is 14.8 Å². The first-order chi connectivity index (χ1) is 12.3. The number of carbonyl (C=O) groups is 1. The van der Waals surface area contributed by atoms with Crippen molar-refractivity contribution in [1.29, 1.82) is 0 Å². The Kier molecular flexibility index (Phi) is 7.43. The van der Waals surface area contributed by atoms with Crippen LogP contribution in [0.1, 0.15) is 33.1 Å². The maximum Gasteiger partial charge on any atom is 0.240 e. The Hall–Kier alpha value is -1.64. The topological polar surface area (TPSA) is 87.7 Å². The first kappa shape index (κ1) is 20.7. The lowest BCUT2D eigenvalue weighted by Gasteiger charge is -2.30. The lowest BCUT2D eigenvalue weighted by atomic mass is 9.99. The molecule has 1 aliphatic rings. The number of anilines is 1. The highest BCUT2D eigenvalue weighted by atomic mass is 32.2. The summed E-state index contributed by atoms with van der Waals surface area (Å²) in [5.74, 6) is 0.915. The van der Waals surface area contributed by atoms with E-state index in [1.165, 1.54) is 45.1 Å². The number of hydrogen-bond donors (Lipinski definition) is 2. The largest absolute Gasteiger partial charge is 0.495 e. The molecule has 0 bridgehead atoms. The zero-order valence-electron chi connectivity index (χ0n) is 15.7. The molecule has 0 aliphatic carbocycles. The molecule has 146 valence electrons. The van der Waals surface area contributed by atoms with Crippen LogP contribution in [0.2, 0.25) is 0 Å². The monoisotopic (exact) mass is 383 g/mol. The number of ether oxygens (including phenoxy) is 1. The zero-order chi connectivity index (χ0) is 19.2. The summed E-state index contributed by atoms with van der Waals surface area (Å²) in [6.07, 6.45) is 3.19. The number of hydrogen-bond acceptors (Lipinski definition) is 5. The second-order valence-corrected chi connectivity index (χ2v) is 8.59. The number of rotatable bonds is 8. The molecule has 0 atom stereocenters. The molecule has 0 radical (unpaired) electrons. The molecule has 7 nitrogen and oxygen atoms in total. The summed E-state index contributed by atoms with van der Waals surface area (Å²) >= 11 is 0. The summed E-state index contributed by atoms with van der Waals surface area (Å²) < 4.78 is 32.8. The maximum absolute atomic E-state index is 12.5. The Morgan fingerprint density at radius 2 is 2.00 bits per heavy atom. The number of amides is 1. The van der Waals surface area contributed by atoms with Crippen molar-refractivity contribution in [3.63, 3.8) is 0 Å². The van der Waals surface area contributed by atoms with Crippen molar-refractivity contribution < 1.29 is 17.9 Å². The normalized spacial score (nSPS) is 16.4. The van der Waals surface area contributed by atoms with Gasteiger partial charge in [0.15, 0.2) is 0 Å². The van der Waals surface area contributed by atoms with Crippen molar-refractivity contribution in [2.75, 3.05) is 38.6 Å². The third kappa shape index (κ3) is 5.96. The van der Waals surface area contributed by atoms with Gasteiger partial charge in [0.1, 0.15) is 5.75 Å². The Morgan fingerprint density at radius 1 is 1.31 bits per heavy atom. The average Bonchev–Trinajstić information content (AvgIpc) is 2.59. The second-order valence-electron chi connectivity index (χ2n) is 6.82. The van der Waals surface area contributed by atoms with Gasteiger partial charge < -0.3 is 15.0 Å². The average molecular weight is 384 g/mol. The summed E-state index contributed by atoms with van der Waals surface area (Å²) in [5, 5.41) is 2.59. The minimum atomic E-state index is -3.63. The molecule has 0 saturated carbocycles. The van der Waals surface area contributed by atoms with E-state index in [-0.39, 0.29) is 10.8 Å². The van der Waals surface area contributed by atoms with E-state index in [0.717, 1.165) is 32.0 Å². The van der Waals surface area contributed by atoms with Crippen LogP contribution in [-0.2, 0) is 14.8 Å². The molecular weight excluding hydrogens is 354 g/mol. The minimum Gasteiger partial charge on any atom is -0.495 e. The fourth-order valence-electron chi connectivity index (χ4n) is 3.02. The van der Waals surface area contributed by atoms with E-state index >= 15 is 0 Å². The lowest BCUT2D eigenvalue weighted by Crippen LogP contribution is -2.35. The first-order valence-corrected chi connectivity index (χ1v) is 10.5. The maximum atomic E-state index is 12.5. The smallest absolute Gasteiger partial charge is 0.240 e. The van der Waals surface area contributed by atoms with Crippen molar-refractivity contribution in [2.45, 2.75) is 38.0 Å². The van der Waals surface area contributed by atoms with Crippen molar-refractivity contribution in [2.24, 2.45) is 5.92 Å². The summed E-state index contributed by atoms with van der Waals surface area (Å²) in [4.78, 5) is 13.8. The van der Waals surface area contributed by atoms with E-state index in [1.807, 2.05) is 0 Å². The summed E-state index contributed by atoms with van der Waals surface area (Å²) in [6, 6.07) is 4.42. The van der Waals surface area contributed by atoms with Gasteiger partial charge in [0.25, 0.3) is 0 Å². The summed E-state index contributed by atoms with van der Waals surface area (Å²) in [7, 11) is -2.16. The molecule has 1 heterocycles. The predicted molar refractivity (Wildman–Crippen MR) is 102 cm³/mol. The van der Waals surface area contributed by atoms with Gasteiger partial charge in [-0.2, -0.15) is 0 Å². The fraction of sp³-hybridized carbons (Fsp3) is 0.611. The number of nitrogens with zero attached hydrogens (tertiary/aromatic N) is 1. The third-order valence-corrected chi connectivity index (χ3v) is 6.07. The molecule has 0 unspecified atom stereocenters. The fourth-order valence-corrected chi connectivity index (χ4v) is 4.12. The molecule has 1 aromatic rings. The van der Waals surface area contributed by atoms with E-state index < -0.39 is 10.0 Å². The number of likely N-dealkylation sites (tertiary alicyclic amines) is 1. The van der Waals surface area contributed by atoms with Crippen LogP contribution in [0.25, 0.3) is 0 Å². The van der Waals surface area contributed by atoms with Gasteiger partial charge in [-0.15, -0.1) is 0 Å². The lowest BCUT2D eigenvalue weighted by molar-refractivity contribution is -0.114. The van der Waals surface area contributed by atoms with Crippen LogP contribution in [0, 0.1) is 5.92 Å². The van der Waals surface area contributed by atoms with Gasteiger partial charge >= 0.3 is 0 Å². The van der Waals surface area contributed by atoms with Gasteiger partial charge in [-0.05, 0) is 63.0 Å². The zero-order valence-corrected chi connectivity index (χ0v) is 16.6. The van der Waals surface area contributed by atoms with E-state index in [0.29, 0.717) is 18.0 Å². The predicted octanol–water partition coefficient (Wildman–Crippen LogP) is 2.05. The molecular formula is C18H29N3O4S. The van der Waals surface area contributed by atoms with Gasteiger partial charge in [-0.3, -0.25) is 4.79 Å². The van der Waals surface area contributed by atoms with Crippen LogP contribution in [0.15, 0.2) is 23.1 Å². The molecule has 1 aliphatic heterocycles. The Labute approximate surface area is 156 Å². The van der Waals surface area contributed by atoms with Crippen LogP contribution in [0.5, 0.6) is 5.75 Å². The van der Waals surface area contributed by atoms with E-state index in [2.05, 4.69) is 21.9 Å². The Balaban J connectivity index is 1.91. The van der Waals surface area contributed by atoms with E-state index in [9.17, 15) is 13.2 Å². The highest BCUT2D eigenvalue weighted by Gasteiger charge is 2.18. The van der Waals surface area contributed by atoms with Crippen molar-refractivity contribution in [1.82, 2.24) is 9.62 Å². The minimum absolute atomic E-state index is 0.105. The van der Waals surface area contributed by atoms with Gasteiger partial charge in [0.05, 0.1) is 17.7 Å². The number of methoxy groups -OCH3 is 1. The third-order valence-electron chi connectivity index (χ3n) is 4.61. The molecule has 1 aromatic carbocycles. The quantitative estimate of drug-likeness (QED) is 0.671. The summed E-state index contributed by atoms with van der Waals surface area (Å²) in [6.45, 7) is 7.10. The molecule has 8 heteroatoms. The van der Waals surface area contributed by atoms with E-state index in [4.69, 9.17) is 4.74 Å². The highest BCUT2D eigenvalue weighted by molar-refractivity contribution is 7.89. The van der Waals surface area contributed by atoms with Crippen LogP contribution in [-0.4, -0.2) is 52.5 Å². The molecule has 26 heavy (non-hydrogen) atoms. The van der Waals surface area contributed by atoms with Crippen LogP contribution >= 0.6 is 0 Å². The van der Waals surface area contributed by atoms with Gasteiger partial charge in [-0.1, -0.05) is 6.92 Å². The molecule has 1 amide bonds. The molecule has 0 aromatic heterocycles. The van der Waals surface area contributed by atoms with Gasteiger partial charge in [0, 0.05) is 13.5 Å². The number of carbonyl (C=O) groups excluding carboxylic acids is 1. The molecule has 0 spiro atoms. The second kappa shape index (κ2) is 9.34.